The van der Waals surface area contributed by atoms with Crippen molar-refractivity contribution < 1.29 is 18.0 Å². The molecule has 4 rings (SSSR count). The summed E-state index contributed by atoms with van der Waals surface area (Å²) >= 11 is 12.0. The minimum Gasteiger partial charge on any atom is -0.368 e. The average Bonchev–Trinajstić information content (AvgIpc) is 3.27. The maximum absolute atomic E-state index is 13.0. The third kappa shape index (κ3) is 5.85. The molecule has 0 spiro atoms. The highest BCUT2D eigenvalue weighted by molar-refractivity contribution is 6.33. The Labute approximate surface area is 205 Å². The molecule has 1 amide bonds. The molecule has 3 N–H and O–H groups in total. The number of aromatic amines is 1. The number of H-pyrrole nitrogens is 1. The fraction of sp³-hybridized carbons (Fsp3) is 0.333. The van der Waals surface area contributed by atoms with E-state index in [-0.39, 0.29) is 16.6 Å². The van der Waals surface area contributed by atoms with Gasteiger partial charge in [0.2, 0.25) is 0 Å². The number of carbonyl (C=O) groups excluding carboxylic acids is 1. The SMILES string of the molecule is O=C(NC1CCC(CNc2n[nH]cc2-c2ccc(Cl)cc2)CC1)c1cc(C(F)(F)F)ccc1Cl. The van der Waals surface area contributed by atoms with Gasteiger partial charge in [-0.3, -0.25) is 9.89 Å². The summed E-state index contributed by atoms with van der Waals surface area (Å²) in [6, 6.07) is 10.2. The second-order valence-electron chi connectivity index (χ2n) is 8.42. The van der Waals surface area contributed by atoms with E-state index in [0.29, 0.717) is 10.9 Å². The second-order valence-corrected chi connectivity index (χ2v) is 9.26. The van der Waals surface area contributed by atoms with Gasteiger partial charge in [0.15, 0.2) is 5.82 Å². The summed E-state index contributed by atoms with van der Waals surface area (Å²) in [5.74, 6) is 0.568. The molecule has 2 aromatic carbocycles. The molecule has 1 aliphatic carbocycles. The first-order valence-electron chi connectivity index (χ1n) is 10.9. The number of halogens is 5. The smallest absolute Gasteiger partial charge is 0.368 e. The number of rotatable bonds is 6. The van der Waals surface area contributed by atoms with Gasteiger partial charge in [0.05, 0.1) is 16.1 Å². The molecule has 180 valence electrons. The predicted molar refractivity (Wildman–Crippen MR) is 127 cm³/mol. The minimum absolute atomic E-state index is 0.00104. The summed E-state index contributed by atoms with van der Waals surface area (Å²) in [5, 5.41) is 14.1. The standard InChI is InChI=1S/C24H23Cl2F3N4O/c25-17-6-3-15(4-7-17)20-13-31-33-22(20)30-12-14-1-8-18(9-2-14)32-23(34)19-11-16(24(27,28)29)5-10-21(19)26/h3-7,10-11,13-14,18H,1-2,8-9,12H2,(H,32,34)(H2,30,31,33). The van der Waals surface area contributed by atoms with Gasteiger partial charge in [-0.2, -0.15) is 18.3 Å². The van der Waals surface area contributed by atoms with Crippen LogP contribution in [0.25, 0.3) is 11.1 Å². The molecule has 1 aliphatic rings. The van der Waals surface area contributed by atoms with Gasteiger partial charge in [-0.05, 0) is 67.5 Å². The molecule has 10 heteroatoms. The zero-order valence-electron chi connectivity index (χ0n) is 18.1. The zero-order chi connectivity index (χ0) is 24.3. The molecule has 0 saturated heterocycles. The maximum atomic E-state index is 13.0. The van der Waals surface area contributed by atoms with Crippen molar-refractivity contribution in [3.05, 3.63) is 69.8 Å². The van der Waals surface area contributed by atoms with Gasteiger partial charge in [-0.1, -0.05) is 35.3 Å². The third-order valence-corrected chi connectivity index (χ3v) is 6.66. The number of benzene rings is 2. The lowest BCUT2D eigenvalue weighted by atomic mass is 9.86. The normalized spacial score (nSPS) is 18.5. The van der Waals surface area contributed by atoms with E-state index in [2.05, 4.69) is 20.8 Å². The van der Waals surface area contributed by atoms with Crippen LogP contribution in [0.4, 0.5) is 19.0 Å². The van der Waals surface area contributed by atoms with E-state index in [1.54, 1.807) is 0 Å². The van der Waals surface area contributed by atoms with Gasteiger partial charge in [0.1, 0.15) is 0 Å². The minimum atomic E-state index is -4.54. The molecule has 3 aromatic rings. The van der Waals surface area contributed by atoms with E-state index in [9.17, 15) is 18.0 Å². The molecule has 1 heterocycles. The van der Waals surface area contributed by atoms with E-state index < -0.39 is 17.6 Å². The lowest BCUT2D eigenvalue weighted by Crippen LogP contribution is -2.38. The maximum Gasteiger partial charge on any atom is 0.416 e. The largest absolute Gasteiger partial charge is 0.416 e. The Morgan fingerprint density at radius 3 is 2.44 bits per heavy atom. The van der Waals surface area contributed by atoms with Crippen LogP contribution in [-0.4, -0.2) is 28.7 Å². The summed E-state index contributed by atoms with van der Waals surface area (Å²) in [4.78, 5) is 12.6. The molecule has 0 atom stereocenters. The molecule has 1 aromatic heterocycles. The molecule has 0 bridgehead atoms. The van der Waals surface area contributed by atoms with E-state index in [4.69, 9.17) is 23.2 Å². The molecule has 0 unspecified atom stereocenters. The van der Waals surface area contributed by atoms with Crippen LogP contribution >= 0.6 is 23.2 Å². The van der Waals surface area contributed by atoms with Crippen molar-refractivity contribution in [1.82, 2.24) is 15.5 Å². The lowest BCUT2D eigenvalue weighted by molar-refractivity contribution is -0.137. The Kier molecular flexibility index (Phi) is 7.38. The summed E-state index contributed by atoms with van der Waals surface area (Å²) in [5.41, 5.74) is 0.901. The number of aromatic nitrogens is 2. The van der Waals surface area contributed by atoms with Crippen LogP contribution < -0.4 is 10.6 Å². The Balaban J connectivity index is 1.29. The molecular weight excluding hydrogens is 488 g/mol. The van der Waals surface area contributed by atoms with E-state index >= 15 is 0 Å². The van der Waals surface area contributed by atoms with Crippen molar-refractivity contribution in [3.63, 3.8) is 0 Å². The molecular formula is C24H23Cl2F3N4O. The van der Waals surface area contributed by atoms with Gasteiger partial charge in [-0.15, -0.1) is 0 Å². The summed E-state index contributed by atoms with van der Waals surface area (Å²) in [7, 11) is 0. The zero-order valence-corrected chi connectivity index (χ0v) is 19.6. The molecule has 0 aliphatic heterocycles. The van der Waals surface area contributed by atoms with Crippen molar-refractivity contribution >= 4 is 34.9 Å². The summed E-state index contributed by atoms with van der Waals surface area (Å²) in [6.45, 7) is 0.728. The number of hydrogen-bond donors (Lipinski definition) is 3. The van der Waals surface area contributed by atoms with E-state index in [1.807, 2.05) is 30.5 Å². The van der Waals surface area contributed by atoms with Crippen LogP contribution in [0.3, 0.4) is 0 Å². The second kappa shape index (κ2) is 10.3. The van der Waals surface area contributed by atoms with Gasteiger partial charge >= 0.3 is 6.18 Å². The Bertz CT molecular complexity index is 1140. The number of alkyl halides is 3. The first-order valence-corrected chi connectivity index (χ1v) is 11.7. The van der Waals surface area contributed by atoms with Crippen LogP contribution in [-0.2, 0) is 6.18 Å². The Hall–Kier alpha value is -2.71. The van der Waals surface area contributed by atoms with Crippen molar-refractivity contribution in [1.29, 1.82) is 0 Å². The molecule has 1 fully saturated rings. The third-order valence-electron chi connectivity index (χ3n) is 6.07. The highest BCUT2D eigenvalue weighted by Crippen LogP contribution is 2.33. The highest BCUT2D eigenvalue weighted by Gasteiger charge is 2.32. The number of nitrogens with one attached hydrogen (secondary N) is 3. The van der Waals surface area contributed by atoms with Crippen LogP contribution in [0, 0.1) is 5.92 Å². The predicted octanol–water partition coefficient (Wildman–Crippen LogP) is 6.80. The van der Waals surface area contributed by atoms with Crippen molar-refractivity contribution in [2.45, 2.75) is 37.9 Å². The fourth-order valence-corrected chi connectivity index (χ4v) is 4.49. The molecule has 0 radical (unpaired) electrons. The monoisotopic (exact) mass is 510 g/mol. The average molecular weight is 511 g/mol. The topological polar surface area (TPSA) is 69.8 Å². The number of carbonyl (C=O) groups is 1. The van der Waals surface area contributed by atoms with Crippen LogP contribution in [0.2, 0.25) is 10.0 Å². The molecule has 34 heavy (non-hydrogen) atoms. The Morgan fingerprint density at radius 1 is 1.06 bits per heavy atom. The van der Waals surface area contributed by atoms with E-state index in [0.717, 1.165) is 67.4 Å². The number of anilines is 1. The van der Waals surface area contributed by atoms with Crippen LogP contribution in [0.15, 0.2) is 48.7 Å². The number of nitrogens with zero attached hydrogens (tertiary/aromatic N) is 1. The first kappa shape index (κ1) is 24.4. The lowest BCUT2D eigenvalue weighted by Gasteiger charge is -2.29. The van der Waals surface area contributed by atoms with Gasteiger partial charge in [-0.25, -0.2) is 0 Å². The molecule has 5 nitrogen and oxygen atoms in total. The highest BCUT2D eigenvalue weighted by atomic mass is 35.5. The van der Waals surface area contributed by atoms with Crippen molar-refractivity contribution in [3.8, 4) is 11.1 Å². The van der Waals surface area contributed by atoms with Crippen molar-refractivity contribution in [2.24, 2.45) is 5.92 Å². The number of amides is 1. The van der Waals surface area contributed by atoms with E-state index in [1.165, 1.54) is 0 Å². The van der Waals surface area contributed by atoms with Crippen LogP contribution in [0.1, 0.15) is 41.6 Å². The summed E-state index contributed by atoms with van der Waals surface area (Å²) < 4.78 is 39.0. The Morgan fingerprint density at radius 2 is 1.76 bits per heavy atom. The van der Waals surface area contributed by atoms with Gasteiger partial charge in [0, 0.05) is 29.4 Å². The summed E-state index contributed by atoms with van der Waals surface area (Å²) in [6.07, 6.45) is 0.506. The quantitative estimate of drug-likeness (QED) is 0.341. The number of hydrogen-bond acceptors (Lipinski definition) is 3. The van der Waals surface area contributed by atoms with Gasteiger partial charge < -0.3 is 10.6 Å². The molecule has 1 saturated carbocycles. The first-order chi connectivity index (χ1) is 16.2. The van der Waals surface area contributed by atoms with Crippen LogP contribution in [0.5, 0.6) is 0 Å². The van der Waals surface area contributed by atoms with Gasteiger partial charge in [0.25, 0.3) is 5.91 Å². The fourth-order valence-electron chi connectivity index (χ4n) is 4.16. The van der Waals surface area contributed by atoms with Crippen molar-refractivity contribution in [2.75, 3.05) is 11.9 Å².